The van der Waals surface area contributed by atoms with Crippen LogP contribution in [0.2, 0.25) is 0 Å². The summed E-state index contributed by atoms with van der Waals surface area (Å²) in [6, 6.07) is 18.3. The highest BCUT2D eigenvalue weighted by Gasteiger charge is 2.07. The SMILES string of the molecule is Cc1ccc(Nc2nccc(N(C)c3ccccc3)n2)cc1C. The molecule has 0 bridgehead atoms. The van der Waals surface area contributed by atoms with Gasteiger partial charge in [0, 0.05) is 24.6 Å². The Morgan fingerprint density at radius 1 is 0.913 bits per heavy atom. The second-order valence-corrected chi connectivity index (χ2v) is 5.56. The van der Waals surface area contributed by atoms with Gasteiger partial charge in [-0.25, -0.2) is 4.98 Å². The minimum absolute atomic E-state index is 0.591. The average Bonchev–Trinajstić information content (AvgIpc) is 2.58. The molecule has 0 radical (unpaired) electrons. The third kappa shape index (κ3) is 3.48. The zero-order valence-electron chi connectivity index (χ0n) is 13.6. The van der Waals surface area contributed by atoms with Crippen LogP contribution in [-0.4, -0.2) is 17.0 Å². The van der Waals surface area contributed by atoms with E-state index in [0.717, 1.165) is 17.2 Å². The van der Waals surface area contributed by atoms with Crippen LogP contribution in [0.1, 0.15) is 11.1 Å². The lowest BCUT2D eigenvalue weighted by Gasteiger charge is -2.18. The second-order valence-electron chi connectivity index (χ2n) is 5.56. The van der Waals surface area contributed by atoms with Crippen LogP contribution in [0, 0.1) is 13.8 Å². The van der Waals surface area contributed by atoms with E-state index >= 15 is 0 Å². The highest BCUT2D eigenvalue weighted by atomic mass is 15.2. The minimum atomic E-state index is 0.591. The third-order valence-electron chi connectivity index (χ3n) is 3.89. The van der Waals surface area contributed by atoms with Crippen molar-refractivity contribution in [2.45, 2.75) is 13.8 Å². The summed E-state index contributed by atoms with van der Waals surface area (Å²) in [4.78, 5) is 10.9. The van der Waals surface area contributed by atoms with Crippen molar-refractivity contribution in [1.29, 1.82) is 0 Å². The van der Waals surface area contributed by atoms with Crippen molar-refractivity contribution in [2.75, 3.05) is 17.3 Å². The number of rotatable bonds is 4. The fraction of sp³-hybridized carbons (Fsp3) is 0.158. The number of benzene rings is 2. The molecule has 3 aromatic rings. The molecular weight excluding hydrogens is 284 g/mol. The predicted octanol–water partition coefficient (Wildman–Crippen LogP) is 4.60. The van der Waals surface area contributed by atoms with Crippen LogP contribution in [0.5, 0.6) is 0 Å². The van der Waals surface area contributed by atoms with Crippen LogP contribution in [0.3, 0.4) is 0 Å². The van der Waals surface area contributed by atoms with E-state index in [9.17, 15) is 0 Å². The Labute approximate surface area is 136 Å². The summed E-state index contributed by atoms with van der Waals surface area (Å²) in [6.45, 7) is 4.20. The van der Waals surface area contributed by atoms with E-state index in [1.165, 1.54) is 11.1 Å². The summed E-state index contributed by atoms with van der Waals surface area (Å²) in [5.41, 5.74) is 4.59. The first-order valence-electron chi connectivity index (χ1n) is 7.59. The lowest BCUT2D eigenvalue weighted by molar-refractivity contribution is 1.08. The lowest BCUT2D eigenvalue weighted by Crippen LogP contribution is -2.12. The normalized spacial score (nSPS) is 10.4. The molecule has 2 aromatic carbocycles. The van der Waals surface area contributed by atoms with Gasteiger partial charge in [0.1, 0.15) is 5.82 Å². The van der Waals surface area contributed by atoms with Crippen LogP contribution in [-0.2, 0) is 0 Å². The Bertz CT molecular complexity index is 799. The summed E-state index contributed by atoms with van der Waals surface area (Å²) in [7, 11) is 2.00. The van der Waals surface area contributed by atoms with E-state index in [4.69, 9.17) is 0 Å². The maximum atomic E-state index is 4.60. The predicted molar refractivity (Wildman–Crippen MR) is 95.7 cm³/mol. The van der Waals surface area contributed by atoms with Crippen LogP contribution >= 0.6 is 0 Å². The van der Waals surface area contributed by atoms with E-state index in [0.29, 0.717) is 5.95 Å². The van der Waals surface area contributed by atoms with E-state index in [2.05, 4.69) is 53.4 Å². The number of aryl methyl sites for hydroxylation is 2. The number of hydrogen-bond donors (Lipinski definition) is 1. The number of anilines is 4. The average molecular weight is 304 g/mol. The molecule has 4 nitrogen and oxygen atoms in total. The smallest absolute Gasteiger partial charge is 0.229 e. The van der Waals surface area contributed by atoms with Crippen molar-refractivity contribution < 1.29 is 0 Å². The first-order valence-corrected chi connectivity index (χ1v) is 7.59. The van der Waals surface area contributed by atoms with Crippen molar-refractivity contribution in [1.82, 2.24) is 9.97 Å². The van der Waals surface area contributed by atoms with Crippen molar-refractivity contribution in [3.63, 3.8) is 0 Å². The van der Waals surface area contributed by atoms with Gasteiger partial charge >= 0.3 is 0 Å². The Hall–Kier alpha value is -2.88. The molecule has 0 aliphatic carbocycles. The summed E-state index contributed by atoms with van der Waals surface area (Å²) < 4.78 is 0. The van der Waals surface area contributed by atoms with Gasteiger partial charge in [-0.15, -0.1) is 0 Å². The third-order valence-corrected chi connectivity index (χ3v) is 3.89. The molecule has 116 valence electrons. The molecule has 0 aliphatic heterocycles. The lowest BCUT2D eigenvalue weighted by atomic mass is 10.1. The standard InChI is InChI=1S/C19H20N4/c1-14-9-10-16(13-15(14)2)21-19-20-12-11-18(22-19)23(3)17-7-5-4-6-8-17/h4-13H,1-3H3,(H,20,21,22). The summed E-state index contributed by atoms with van der Waals surface area (Å²) in [5.74, 6) is 1.44. The van der Waals surface area contributed by atoms with Crippen molar-refractivity contribution >= 4 is 23.1 Å². The fourth-order valence-electron chi connectivity index (χ4n) is 2.33. The van der Waals surface area contributed by atoms with Gasteiger partial charge in [-0.3, -0.25) is 0 Å². The molecule has 1 aromatic heterocycles. The molecule has 4 heteroatoms. The number of aromatic nitrogens is 2. The Balaban J connectivity index is 1.83. The van der Waals surface area contributed by atoms with Crippen molar-refractivity contribution in [3.8, 4) is 0 Å². The van der Waals surface area contributed by atoms with Crippen molar-refractivity contribution in [3.05, 3.63) is 71.9 Å². The van der Waals surface area contributed by atoms with Crippen LogP contribution < -0.4 is 10.2 Å². The van der Waals surface area contributed by atoms with Crippen LogP contribution in [0.25, 0.3) is 0 Å². The molecule has 0 atom stereocenters. The van der Waals surface area contributed by atoms with Gasteiger partial charge in [0.25, 0.3) is 0 Å². The molecule has 3 rings (SSSR count). The quantitative estimate of drug-likeness (QED) is 0.764. The minimum Gasteiger partial charge on any atom is -0.329 e. The van der Waals surface area contributed by atoms with Crippen molar-refractivity contribution in [2.24, 2.45) is 0 Å². The largest absolute Gasteiger partial charge is 0.329 e. The van der Waals surface area contributed by atoms with E-state index in [-0.39, 0.29) is 0 Å². The molecule has 0 aliphatic rings. The van der Waals surface area contributed by atoms with Gasteiger partial charge in [0.15, 0.2) is 0 Å². The summed E-state index contributed by atoms with van der Waals surface area (Å²) in [5, 5.41) is 3.27. The van der Waals surface area contributed by atoms with Gasteiger partial charge in [-0.1, -0.05) is 24.3 Å². The molecule has 0 spiro atoms. The molecule has 0 fully saturated rings. The zero-order chi connectivity index (χ0) is 16.2. The first-order chi connectivity index (χ1) is 11.1. The zero-order valence-corrected chi connectivity index (χ0v) is 13.6. The number of hydrogen-bond acceptors (Lipinski definition) is 4. The Kier molecular flexibility index (Phi) is 4.24. The van der Waals surface area contributed by atoms with Gasteiger partial charge in [-0.05, 0) is 55.3 Å². The molecule has 1 N–H and O–H groups in total. The first kappa shape index (κ1) is 15.0. The summed E-state index contributed by atoms with van der Waals surface area (Å²) in [6.07, 6.45) is 1.77. The summed E-state index contributed by atoms with van der Waals surface area (Å²) >= 11 is 0. The molecule has 0 amide bonds. The molecule has 0 saturated carbocycles. The topological polar surface area (TPSA) is 41.1 Å². The maximum Gasteiger partial charge on any atom is 0.229 e. The monoisotopic (exact) mass is 304 g/mol. The van der Waals surface area contributed by atoms with E-state index < -0.39 is 0 Å². The molecule has 23 heavy (non-hydrogen) atoms. The second kappa shape index (κ2) is 6.48. The van der Waals surface area contributed by atoms with Gasteiger partial charge in [0.05, 0.1) is 0 Å². The molecule has 1 heterocycles. The Morgan fingerprint density at radius 2 is 1.70 bits per heavy atom. The van der Waals surface area contributed by atoms with Crippen LogP contribution in [0.4, 0.5) is 23.1 Å². The van der Waals surface area contributed by atoms with Crippen LogP contribution in [0.15, 0.2) is 60.8 Å². The highest BCUT2D eigenvalue weighted by molar-refractivity contribution is 5.61. The van der Waals surface area contributed by atoms with E-state index in [1.807, 2.05) is 42.3 Å². The maximum absolute atomic E-state index is 4.60. The fourth-order valence-corrected chi connectivity index (χ4v) is 2.33. The highest BCUT2D eigenvalue weighted by Crippen LogP contribution is 2.23. The van der Waals surface area contributed by atoms with Gasteiger partial charge in [-0.2, -0.15) is 4.98 Å². The molecule has 0 saturated heterocycles. The number of nitrogens with one attached hydrogen (secondary N) is 1. The number of nitrogens with zero attached hydrogens (tertiary/aromatic N) is 3. The number of para-hydroxylation sites is 1. The molecular formula is C19H20N4. The van der Waals surface area contributed by atoms with Gasteiger partial charge < -0.3 is 10.2 Å². The molecule has 0 unspecified atom stereocenters. The Morgan fingerprint density at radius 3 is 2.43 bits per heavy atom. The van der Waals surface area contributed by atoms with E-state index in [1.54, 1.807) is 6.20 Å². The van der Waals surface area contributed by atoms with Gasteiger partial charge in [0.2, 0.25) is 5.95 Å².